The van der Waals surface area contributed by atoms with Gasteiger partial charge in [0.05, 0.1) is 0 Å². The number of hydrogen-bond acceptors (Lipinski definition) is 1. The second-order valence-electron chi connectivity index (χ2n) is 3.67. The topological polar surface area (TPSA) is 34.3 Å². The maximum Gasteiger partial charge on any atom is 0.157 e. The largest absolute Gasteiger partial charge is 0.370 e. The quantitative estimate of drug-likeness (QED) is 0.726. The highest BCUT2D eigenvalue weighted by molar-refractivity contribution is 5.22. The molecule has 1 atom stereocenters. The Bertz CT molecular complexity index is 321. The van der Waals surface area contributed by atoms with E-state index in [1.165, 1.54) is 12.1 Å². The molecular formula is C11H13FNO. The first-order valence-electron chi connectivity index (χ1n) is 4.88. The highest BCUT2D eigenvalue weighted by atomic mass is 19.1. The molecule has 0 aromatic heterocycles. The monoisotopic (exact) mass is 194 g/mol. The van der Waals surface area contributed by atoms with Crippen LogP contribution >= 0.6 is 0 Å². The standard InChI is InChI=1S/C11H13FNO/c12-10-5-3-4-9(8-10)11(14)6-1-2-7-13-11/h3-5,8,14H,1-2,6-7H2. The summed E-state index contributed by atoms with van der Waals surface area (Å²) < 4.78 is 12.9. The third kappa shape index (κ3) is 1.79. The zero-order valence-corrected chi connectivity index (χ0v) is 7.91. The minimum absolute atomic E-state index is 0.323. The summed E-state index contributed by atoms with van der Waals surface area (Å²) in [7, 11) is 0. The Morgan fingerprint density at radius 2 is 2.21 bits per heavy atom. The summed E-state index contributed by atoms with van der Waals surface area (Å²) in [6.45, 7) is 0.660. The molecule has 75 valence electrons. The second kappa shape index (κ2) is 3.67. The van der Waals surface area contributed by atoms with Gasteiger partial charge in [0.25, 0.3) is 0 Å². The minimum Gasteiger partial charge on any atom is -0.370 e. The molecule has 14 heavy (non-hydrogen) atoms. The van der Waals surface area contributed by atoms with Gasteiger partial charge in [0, 0.05) is 12.1 Å². The zero-order valence-electron chi connectivity index (χ0n) is 7.91. The van der Waals surface area contributed by atoms with Crippen molar-refractivity contribution in [2.45, 2.75) is 25.0 Å². The molecule has 0 bridgehead atoms. The predicted octanol–water partition coefficient (Wildman–Crippen LogP) is 1.76. The third-order valence-electron chi connectivity index (χ3n) is 2.59. The molecule has 0 aliphatic carbocycles. The van der Waals surface area contributed by atoms with Gasteiger partial charge >= 0.3 is 0 Å². The van der Waals surface area contributed by atoms with Crippen LogP contribution in [-0.4, -0.2) is 11.7 Å². The summed E-state index contributed by atoms with van der Waals surface area (Å²) in [6.07, 6.45) is 2.55. The lowest BCUT2D eigenvalue weighted by Crippen LogP contribution is -2.40. The second-order valence-corrected chi connectivity index (χ2v) is 3.67. The number of piperidine rings is 1. The van der Waals surface area contributed by atoms with Crippen molar-refractivity contribution in [1.82, 2.24) is 5.32 Å². The predicted molar refractivity (Wildman–Crippen MR) is 51.1 cm³/mol. The van der Waals surface area contributed by atoms with Gasteiger partial charge in [-0.05, 0) is 31.4 Å². The lowest BCUT2D eigenvalue weighted by atomic mass is 9.93. The molecule has 1 heterocycles. The minimum atomic E-state index is -1.15. The lowest BCUT2D eigenvalue weighted by Gasteiger charge is -2.31. The molecule has 1 aliphatic heterocycles. The number of nitrogens with zero attached hydrogens (tertiary/aromatic N) is 1. The van der Waals surface area contributed by atoms with Gasteiger partial charge in [0.2, 0.25) is 0 Å². The Hall–Kier alpha value is -0.930. The molecule has 1 radical (unpaired) electrons. The molecular weight excluding hydrogens is 181 g/mol. The Morgan fingerprint density at radius 3 is 2.86 bits per heavy atom. The van der Waals surface area contributed by atoms with E-state index in [9.17, 15) is 9.50 Å². The van der Waals surface area contributed by atoms with Gasteiger partial charge in [-0.25, -0.2) is 9.71 Å². The van der Waals surface area contributed by atoms with Crippen LogP contribution in [-0.2, 0) is 5.72 Å². The van der Waals surface area contributed by atoms with Crippen LogP contribution in [0.2, 0.25) is 0 Å². The number of rotatable bonds is 1. The maximum atomic E-state index is 12.9. The lowest BCUT2D eigenvalue weighted by molar-refractivity contribution is -0.0284. The Labute approximate surface area is 82.8 Å². The van der Waals surface area contributed by atoms with Gasteiger partial charge in [-0.15, -0.1) is 0 Å². The van der Waals surface area contributed by atoms with Gasteiger partial charge in [0.15, 0.2) is 5.72 Å². The van der Waals surface area contributed by atoms with E-state index in [2.05, 4.69) is 5.32 Å². The van der Waals surface area contributed by atoms with E-state index in [4.69, 9.17) is 0 Å². The first-order chi connectivity index (χ1) is 6.71. The van der Waals surface area contributed by atoms with Gasteiger partial charge in [-0.3, -0.25) is 0 Å². The van der Waals surface area contributed by atoms with Crippen LogP contribution < -0.4 is 5.32 Å². The number of hydrogen-bond donors (Lipinski definition) is 1. The molecule has 1 aromatic rings. The smallest absolute Gasteiger partial charge is 0.157 e. The van der Waals surface area contributed by atoms with Crippen LogP contribution in [0.5, 0.6) is 0 Å². The molecule has 1 fully saturated rings. The van der Waals surface area contributed by atoms with E-state index in [-0.39, 0.29) is 5.82 Å². The molecule has 1 unspecified atom stereocenters. The van der Waals surface area contributed by atoms with Crippen molar-refractivity contribution in [3.05, 3.63) is 35.6 Å². The van der Waals surface area contributed by atoms with E-state index in [0.717, 1.165) is 12.8 Å². The van der Waals surface area contributed by atoms with Crippen LogP contribution in [0.4, 0.5) is 4.39 Å². The molecule has 3 heteroatoms. The fourth-order valence-corrected chi connectivity index (χ4v) is 1.80. The van der Waals surface area contributed by atoms with Gasteiger partial charge in [0.1, 0.15) is 5.82 Å². The van der Waals surface area contributed by atoms with Crippen molar-refractivity contribution in [3.63, 3.8) is 0 Å². The van der Waals surface area contributed by atoms with E-state index in [0.29, 0.717) is 18.5 Å². The van der Waals surface area contributed by atoms with E-state index in [1.54, 1.807) is 12.1 Å². The van der Waals surface area contributed by atoms with Crippen LogP contribution in [0.15, 0.2) is 24.3 Å². The highest BCUT2D eigenvalue weighted by Crippen LogP contribution is 2.29. The summed E-state index contributed by atoms with van der Waals surface area (Å²) >= 11 is 0. The van der Waals surface area contributed by atoms with E-state index >= 15 is 0 Å². The molecule has 2 rings (SSSR count). The fraction of sp³-hybridized carbons (Fsp3) is 0.455. The molecule has 0 amide bonds. The Kier molecular flexibility index (Phi) is 2.52. The van der Waals surface area contributed by atoms with Crippen LogP contribution in [0.25, 0.3) is 0 Å². The summed E-state index contributed by atoms with van der Waals surface area (Å²) in [5.74, 6) is -0.323. The molecule has 2 nitrogen and oxygen atoms in total. The molecule has 1 N–H and O–H groups in total. The molecule has 0 spiro atoms. The van der Waals surface area contributed by atoms with Crippen molar-refractivity contribution in [1.29, 1.82) is 0 Å². The number of aliphatic hydroxyl groups is 1. The van der Waals surface area contributed by atoms with Crippen molar-refractivity contribution >= 4 is 0 Å². The summed E-state index contributed by atoms with van der Waals surface area (Å²) in [6, 6.07) is 6.05. The zero-order chi connectivity index (χ0) is 10.0. The average Bonchev–Trinajstić information content (AvgIpc) is 2.19. The fourth-order valence-electron chi connectivity index (χ4n) is 1.80. The van der Waals surface area contributed by atoms with Gasteiger partial charge in [-0.1, -0.05) is 12.1 Å². The third-order valence-corrected chi connectivity index (χ3v) is 2.59. The SMILES string of the molecule is OC1(c2cccc(F)c2)CCCC[N]1. The molecule has 1 aliphatic rings. The summed E-state index contributed by atoms with van der Waals surface area (Å²) in [5.41, 5.74) is -0.586. The van der Waals surface area contributed by atoms with Crippen LogP contribution in [0, 0.1) is 5.82 Å². The molecule has 1 saturated heterocycles. The average molecular weight is 194 g/mol. The Morgan fingerprint density at radius 1 is 1.36 bits per heavy atom. The molecule has 1 aromatic carbocycles. The normalized spacial score (nSPS) is 27.6. The van der Waals surface area contributed by atoms with Crippen LogP contribution in [0.3, 0.4) is 0 Å². The van der Waals surface area contributed by atoms with Crippen molar-refractivity contribution in [2.75, 3.05) is 6.54 Å². The first kappa shape index (κ1) is 9.62. The summed E-state index contributed by atoms with van der Waals surface area (Å²) in [5, 5.41) is 14.3. The number of halogens is 1. The van der Waals surface area contributed by atoms with Gasteiger partial charge in [-0.2, -0.15) is 0 Å². The highest BCUT2D eigenvalue weighted by Gasteiger charge is 2.32. The number of benzene rings is 1. The van der Waals surface area contributed by atoms with Crippen molar-refractivity contribution in [3.8, 4) is 0 Å². The van der Waals surface area contributed by atoms with Gasteiger partial charge < -0.3 is 5.11 Å². The van der Waals surface area contributed by atoms with E-state index < -0.39 is 5.72 Å². The van der Waals surface area contributed by atoms with E-state index in [1.807, 2.05) is 0 Å². The molecule has 0 saturated carbocycles. The summed E-state index contributed by atoms with van der Waals surface area (Å²) in [4.78, 5) is 0. The van der Waals surface area contributed by atoms with Crippen molar-refractivity contribution < 1.29 is 9.50 Å². The maximum absolute atomic E-state index is 12.9. The first-order valence-corrected chi connectivity index (χ1v) is 4.88. The Balaban J connectivity index is 2.28. The van der Waals surface area contributed by atoms with Crippen molar-refractivity contribution in [2.24, 2.45) is 0 Å². The van der Waals surface area contributed by atoms with Crippen LogP contribution in [0.1, 0.15) is 24.8 Å².